The minimum atomic E-state index is 0.645. The summed E-state index contributed by atoms with van der Waals surface area (Å²) >= 11 is 11.9. The van der Waals surface area contributed by atoms with Gasteiger partial charge in [-0.1, -0.05) is 29.3 Å². The Morgan fingerprint density at radius 2 is 1.86 bits per heavy atom. The van der Waals surface area contributed by atoms with Crippen LogP contribution in [0.25, 0.3) is 10.8 Å². The van der Waals surface area contributed by atoms with Crippen LogP contribution in [0.4, 0.5) is 0 Å². The molecule has 0 saturated heterocycles. The summed E-state index contributed by atoms with van der Waals surface area (Å²) in [7, 11) is 1.63. The van der Waals surface area contributed by atoms with E-state index in [1.807, 2.05) is 24.3 Å². The van der Waals surface area contributed by atoms with Crippen molar-refractivity contribution in [3.63, 3.8) is 0 Å². The molecule has 0 amide bonds. The highest BCUT2D eigenvalue weighted by Gasteiger charge is 2.02. The lowest BCUT2D eigenvalue weighted by Gasteiger charge is -2.04. The summed E-state index contributed by atoms with van der Waals surface area (Å²) in [6.45, 7) is 0. The van der Waals surface area contributed by atoms with E-state index in [9.17, 15) is 0 Å². The molecule has 0 aliphatic heterocycles. The number of fused-ring (bicyclic) bond motifs is 1. The molecule has 14 heavy (non-hydrogen) atoms. The maximum atomic E-state index is 6.05. The molecule has 0 saturated carbocycles. The number of rotatable bonds is 1. The zero-order valence-corrected chi connectivity index (χ0v) is 9.06. The van der Waals surface area contributed by atoms with Crippen LogP contribution in [-0.2, 0) is 0 Å². The summed E-state index contributed by atoms with van der Waals surface area (Å²) in [6.07, 6.45) is 0. The molecular formula is C11H8Cl2O. The summed E-state index contributed by atoms with van der Waals surface area (Å²) in [5.41, 5.74) is 0. The smallest absolute Gasteiger partial charge is 0.119 e. The second kappa shape index (κ2) is 3.68. The van der Waals surface area contributed by atoms with Crippen LogP contribution in [0.1, 0.15) is 0 Å². The van der Waals surface area contributed by atoms with Gasteiger partial charge in [0.25, 0.3) is 0 Å². The van der Waals surface area contributed by atoms with Crippen LogP contribution in [0, 0.1) is 0 Å². The summed E-state index contributed by atoms with van der Waals surface area (Å²) in [5.74, 6) is 0.793. The van der Waals surface area contributed by atoms with Gasteiger partial charge in [0.1, 0.15) is 5.75 Å². The van der Waals surface area contributed by atoms with E-state index in [-0.39, 0.29) is 0 Å². The molecule has 2 rings (SSSR count). The number of methoxy groups -OCH3 is 1. The van der Waals surface area contributed by atoms with E-state index in [0.717, 1.165) is 16.5 Å². The van der Waals surface area contributed by atoms with Gasteiger partial charge in [-0.2, -0.15) is 0 Å². The fourth-order valence-electron chi connectivity index (χ4n) is 1.38. The van der Waals surface area contributed by atoms with E-state index < -0.39 is 0 Å². The van der Waals surface area contributed by atoms with Gasteiger partial charge in [0.15, 0.2) is 0 Å². The third-order valence-electron chi connectivity index (χ3n) is 2.08. The third-order valence-corrected chi connectivity index (χ3v) is 2.61. The SMILES string of the molecule is COc1ccc2cc(Cl)cc(Cl)c2c1. The molecule has 0 unspecified atom stereocenters. The van der Waals surface area contributed by atoms with Crippen LogP contribution in [0.3, 0.4) is 0 Å². The monoisotopic (exact) mass is 226 g/mol. The molecule has 0 fully saturated rings. The van der Waals surface area contributed by atoms with Crippen molar-refractivity contribution in [2.45, 2.75) is 0 Å². The predicted octanol–water partition coefficient (Wildman–Crippen LogP) is 4.16. The van der Waals surface area contributed by atoms with E-state index in [4.69, 9.17) is 27.9 Å². The Kier molecular flexibility index (Phi) is 2.53. The average Bonchev–Trinajstić information content (AvgIpc) is 2.17. The van der Waals surface area contributed by atoms with E-state index in [1.165, 1.54) is 0 Å². The Morgan fingerprint density at radius 1 is 1.07 bits per heavy atom. The zero-order valence-electron chi connectivity index (χ0n) is 7.55. The van der Waals surface area contributed by atoms with Crippen molar-refractivity contribution in [3.8, 4) is 5.75 Å². The molecule has 0 aliphatic carbocycles. The van der Waals surface area contributed by atoms with Crippen molar-refractivity contribution in [2.75, 3.05) is 7.11 Å². The number of hydrogen-bond donors (Lipinski definition) is 0. The first-order valence-electron chi connectivity index (χ1n) is 4.13. The lowest BCUT2D eigenvalue weighted by atomic mass is 10.1. The first-order valence-corrected chi connectivity index (χ1v) is 4.89. The first-order chi connectivity index (χ1) is 6.70. The Labute approximate surface area is 92.2 Å². The minimum Gasteiger partial charge on any atom is -0.497 e. The largest absolute Gasteiger partial charge is 0.497 e. The van der Waals surface area contributed by atoms with E-state index in [0.29, 0.717) is 10.0 Å². The summed E-state index contributed by atoms with van der Waals surface area (Å²) in [6, 6.07) is 9.32. The number of benzene rings is 2. The average molecular weight is 227 g/mol. The van der Waals surface area contributed by atoms with Gasteiger partial charge < -0.3 is 4.74 Å². The van der Waals surface area contributed by atoms with Crippen molar-refractivity contribution in [1.29, 1.82) is 0 Å². The molecule has 1 nitrogen and oxygen atoms in total. The second-order valence-corrected chi connectivity index (χ2v) is 3.82. The van der Waals surface area contributed by atoms with Crippen LogP contribution in [-0.4, -0.2) is 7.11 Å². The second-order valence-electron chi connectivity index (χ2n) is 2.97. The number of ether oxygens (including phenoxy) is 1. The number of halogens is 2. The standard InChI is InChI=1S/C11H8Cl2O/c1-14-9-3-2-7-4-8(12)5-11(13)10(7)6-9/h2-6H,1H3. The van der Waals surface area contributed by atoms with Crippen LogP contribution in [0.2, 0.25) is 10.0 Å². The molecule has 0 N–H and O–H groups in total. The molecule has 0 aromatic heterocycles. The fourth-order valence-corrected chi connectivity index (χ4v) is 1.95. The van der Waals surface area contributed by atoms with Crippen molar-refractivity contribution in [3.05, 3.63) is 40.4 Å². The zero-order chi connectivity index (χ0) is 10.1. The molecule has 2 aromatic carbocycles. The van der Waals surface area contributed by atoms with Crippen LogP contribution < -0.4 is 4.74 Å². The molecule has 72 valence electrons. The maximum Gasteiger partial charge on any atom is 0.119 e. The Morgan fingerprint density at radius 3 is 2.57 bits per heavy atom. The van der Waals surface area contributed by atoms with Gasteiger partial charge in [-0.25, -0.2) is 0 Å². The quantitative estimate of drug-likeness (QED) is 0.710. The first kappa shape index (κ1) is 9.63. The van der Waals surface area contributed by atoms with Gasteiger partial charge in [-0.15, -0.1) is 0 Å². The third kappa shape index (κ3) is 1.66. The van der Waals surface area contributed by atoms with Crippen molar-refractivity contribution < 1.29 is 4.74 Å². The molecule has 2 aromatic rings. The fraction of sp³-hybridized carbons (Fsp3) is 0.0909. The Balaban J connectivity index is 2.75. The van der Waals surface area contributed by atoms with E-state index in [2.05, 4.69) is 0 Å². The van der Waals surface area contributed by atoms with Gasteiger partial charge in [-0.3, -0.25) is 0 Å². The molecule has 0 aliphatic rings. The van der Waals surface area contributed by atoms with Gasteiger partial charge in [0.05, 0.1) is 12.1 Å². The van der Waals surface area contributed by atoms with Gasteiger partial charge in [0.2, 0.25) is 0 Å². The maximum absolute atomic E-state index is 6.05. The van der Waals surface area contributed by atoms with Crippen LogP contribution >= 0.6 is 23.2 Å². The van der Waals surface area contributed by atoms with E-state index >= 15 is 0 Å². The molecule has 0 bridgehead atoms. The lowest BCUT2D eigenvalue weighted by Crippen LogP contribution is -1.82. The highest BCUT2D eigenvalue weighted by atomic mass is 35.5. The van der Waals surface area contributed by atoms with Crippen molar-refractivity contribution in [1.82, 2.24) is 0 Å². The summed E-state index contributed by atoms with van der Waals surface area (Å²) in [4.78, 5) is 0. The van der Waals surface area contributed by atoms with E-state index in [1.54, 1.807) is 13.2 Å². The van der Waals surface area contributed by atoms with Gasteiger partial charge in [-0.05, 0) is 29.7 Å². The molecule has 0 atom stereocenters. The highest BCUT2D eigenvalue weighted by molar-refractivity contribution is 6.38. The van der Waals surface area contributed by atoms with Gasteiger partial charge >= 0.3 is 0 Å². The van der Waals surface area contributed by atoms with Crippen LogP contribution in [0.15, 0.2) is 30.3 Å². The normalized spacial score (nSPS) is 10.5. The van der Waals surface area contributed by atoms with Crippen molar-refractivity contribution >= 4 is 34.0 Å². The summed E-state index contributed by atoms with van der Waals surface area (Å²) in [5, 5.41) is 3.26. The predicted molar refractivity (Wildman–Crippen MR) is 60.5 cm³/mol. The van der Waals surface area contributed by atoms with Gasteiger partial charge in [0, 0.05) is 10.4 Å². The molecular weight excluding hydrogens is 219 g/mol. The molecule has 0 heterocycles. The Bertz CT molecular complexity index is 480. The van der Waals surface area contributed by atoms with Crippen LogP contribution in [0.5, 0.6) is 5.75 Å². The lowest BCUT2D eigenvalue weighted by molar-refractivity contribution is 0.415. The highest BCUT2D eigenvalue weighted by Crippen LogP contribution is 2.30. The summed E-state index contributed by atoms with van der Waals surface area (Å²) < 4.78 is 5.12. The molecule has 3 heteroatoms. The molecule has 0 spiro atoms. The minimum absolute atomic E-state index is 0.645. The Hall–Kier alpha value is -0.920. The topological polar surface area (TPSA) is 9.23 Å². The molecule has 0 radical (unpaired) electrons. The number of hydrogen-bond acceptors (Lipinski definition) is 1. The van der Waals surface area contributed by atoms with Crippen molar-refractivity contribution in [2.24, 2.45) is 0 Å².